The number of hydrogen-bond donors (Lipinski definition) is 0. The third kappa shape index (κ3) is 2.91. The van der Waals surface area contributed by atoms with Gasteiger partial charge in [0.25, 0.3) is 0 Å². The van der Waals surface area contributed by atoms with E-state index in [-0.39, 0.29) is 10.2 Å². The second kappa shape index (κ2) is 4.91. The highest BCUT2D eigenvalue weighted by Crippen LogP contribution is 2.24. The average Bonchev–Trinajstić information content (AvgIpc) is 2.09. The van der Waals surface area contributed by atoms with Gasteiger partial charge >= 0.3 is 0 Å². The topological polar surface area (TPSA) is 9.23 Å². The second-order valence-corrected chi connectivity index (χ2v) is 3.88. The minimum Gasteiger partial charge on any atom is -0.490 e. The lowest BCUT2D eigenvalue weighted by Gasteiger charge is -2.05. The van der Waals surface area contributed by atoms with Crippen molar-refractivity contribution in [2.75, 3.05) is 11.9 Å². The molecule has 0 aromatic heterocycles. The molecule has 0 N–H and O–H groups in total. The van der Waals surface area contributed by atoms with Crippen molar-refractivity contribution in [2.24, 2.45) is 0 Å². The molecule has 0 aliphatic heterocycles. The molecule has 0 amide bonds. The molecule has 72 valence electrons. The van der Waals surface area contributed by atoms with Crippen LogP contribution in [-0.4, -0.2) is 11.9 Å². The maximum atomic E-state index is 13.0. The smallest absolute Gasteiger partial charge is 0.166 e. The molecule has 1 aromatic carbocycles. The van der Waals surface area contributed by atoms with Crippen LogP contribution >= 0.6 is 31.9 Å². The van der Waals surface area contributed by atoms with Gasteiger partial charge in [0, 0.05) is 11.4 Å². The molecule has 0 radical (unpaired) electrons. The van der Waals surface area contributed by atoms with Crippen molar-refractivity contribution in [3.8, 4) is 5.75 Å². The van der Waals surface area contributed by atoms with Crippen LogP contribution in [0.2, 0.25) is 0 Å². The van der Waals surface area contributed by atoms with Crippen molar-refractivity contribution in [3.63, 3.8) is 0 Å². The summed E-state index contributed by atoms with van der Waals surface area (Å²) in [5.41, 5.74) is 0. The molecule has 5 heteroatoms. The first kappa shape index (κ1) is 10.9. The SMILES string of the molecule is Fc1cc(OCCBr)c(F)cc1Br. The molecule has 0 fully saturated rings. The van der Waals surface area contributed by atoms with E-state index in [1.807, 2.05) is 0 Å². The predicted octanol–water partition coefficient (Wildman–Crippen LogP) is 3.50. The van der Waals surface area contributed by atoms with E-state index in [9.17, 15) is 8.78 Å². The summed E-state index contributed by atoms with van der Waals surface area (Å²) in [5, 5.41) is 0.574. The summed E-state index contributed by atoms with van der Waals surface area (Å²) in [6, 6.07) is 2.06. The van der Waals surface area contributed by atoms with E-state index in [4.69, 9.17) is 4.74 Å². The number of ether oxygens (including phenoxy) is 1. The molecule has 0 saturated heterocycles. The molecule has 0 atom stereocenters. The van der Waals surface area contributed by atoms with Crippen molar-refractivity contribution in [1.82, 2.24) is 0 Å². The fourth-order valence-corrected chi connectivity index (χ4v) is 1.24. The zero-order valence-electron chi connectivity index (χ0n) is 6.49. The number of rotatable bonds is 3. The van der Waals surface area contributed by atoms with Crippen molar-refractivity contribution in [3.05, 3.63) is 28.2 Å². The minimum atomic E-state index is -0.575. The Morgan fingerprint density at radius 3 is 2.54 bits per heavy atom. The third-order valence-corrected chi connectivity index (χ3v) is 2.24. The molecule has 0 bridgehead atoms. The summed E-state index contributed by atoms with van der Waals surface area (Å²) in [6.45, 7) is 0.304. The molecule has 0 heterocycles. The van der Waals surface area contributed by atoms with E-state index in [0.29, 0.717) is 11.9 Å². The molecule has 0 aliphatic carbocycles. The quantitative estimate of drug-likeness (QED) is 0.613. The van der Waals surface area contributed by atoms with Crippen LogP contribution in [0.5, 0.6) is 5.75 Å². The lowest BCUT2D eigenvalue weighted by Crippen LogP contribution is -2.00. The van der Waals surface area contributed by atoms with Crippen molar-refractivity contribution in [2.45, 2.75) is 0 Å². The second-order valence-electron chi connectivity index (χ2n) is 2.23. The van der Waals surface area contributed by atoms with E-state index < -0.39 is 11.6 Å². The maximum absolute atomic E-state index is 13.0. The Balaban J connectivity index is 2.88. The number of alkyl halides is 1. The van der Waals surface area contributed by atoms with E-state index in [1.54, 1.807) is 0 Å². The molecule has 0 aliphatic rings. The van der Waals surface area contributed by atoms with Gasteiger partial charge in [-0.15, -0.1) is 0 Å². The molecule has 13 heavy (non-hydrogen) atoms. The highest BCUT2D eigenvalue weighted by molar-refractivity contribution is 9.10. The van der Waals surface area contributed by atoms with E-state index in [1.165, 1.54) is 0 Å². The molecule has 1 rings (SSSR count). The van der Waals surface area contributed by atoms with Gasteiger partial charge < -0.3 is 4.74 Å². The number of hydrogen-bond acceptors (Lipinski definition) is 1. The zero-order chi connectivity index (χ0) is 9.84. The van der Waals surface area contributed by atoms with Crippen molar-refractivity contribution < 1.29 is 13.5 Å². The van der Waals surface area contributed by atoms with E-state index in [2.05, 4.69) is 31.9 Å². The van der Waals surface area contributed by atoms with Crippen LogP contribution in [0, 0.1) is 11.6 Å². The summed E-state index contributed by atoms with van der Waals surface area (Å²) < 4.78 is 30.9. The van der Waals surface area contributed by atoms with E-state index in [0.717, 1.165) is 12.1 Å². The molecule has 1 nitrogen and oxygen atoms in total. The Labute approximate surface area is 91.3 Å². The Morgan fingerprint density at radius 1 is 1.23 bits per heavy atom. The van der Waals surface area contributed by atoms with Gasteiger partial charge in [0.05, 0.1) is 11.1 Å². The first-order chi connectivity index (χ1) is 6.15. The van der Waals surface area contributed by atoms with Crippen LogP contribution in [0.25, 0.3) is 0 Å². The van der Waals surface area contributed by atoms with Crippen molar-refractivity contribution >= 4 is 31.9 Å². The van der Waals surface area contributed by atoms with Gasteiger partial charge in [0.15, 0.2) is 11.6 Å². The first-order valence-corrected chi connectivity index (χ1v) is 5.40. The van der Waals surface area contributed by atoms with Gasteiger partial charge in [-0.3, -0.25) is 0 Å². The summed E-state index contributed by atoms with van der Waals surface area (Å²) in [7, 11) is 0. The van der Waals surface area contributed by atoms with Gasteiger partial charge in [0.2, 0.25) is 0 Å². The van der Waals surface area contributed by atoms with Gasteiger partial charge in [-0.05, 0) is 22.0 Å². The van der Waals surface area contributed by atoms with Gasteiger partial charge in [-0.2, -0.15) is 0 Å². The third-order valence-electron chi connectivity index (χ3n) is 1.31. The summed E-state index contributed by atoms with van der Waals surface area (Å²) in [4.78, 5) is 0. The normalized spacial score (nSPS) is 10.2. The Hall–Kier alpha value is -0.160. The molecule has 0 saturated carbocycles. The fraction of sp³-hybridized carbons (Fsp3) is 0.250. The largest absolute Gasteiger partial charge is 0.490 e. The molecular formula is C8H6Br2F2O. The lowest BCUT2D eigenvalue weighted by molar-refractivity contribution is 0.323. The van der Waals surface area contributed by atoms with Gasteiger partial charge in [-0.1, -0.05) is 15.9 Å². The first-order valence-electron chi connectivity index (χ1n) is 3.48. The highest BCUT2D eigenvalue weighted by atomic mass is 79.9. The fourth-order valence-electron chi connectivity index (χ4n) is 0.763. The molecule has 0 spiro atoms. The Bertz CT molecular complexity index is 304. The standard InChI is InChI=1S/C8H6Br2F2O/c9-1-2-13-8-4-6(11)5(10)3-7(8)12/h3-4H,1-2H2. The zero-order valence-corrected chi connectivity index (χ0v) is 9.66. The van der Waals surface area contributed by atoms with Crippen LogP contribution in [0.15, 0.2) is 16.6 Å². The van der Waals surface area contributed by atoms with Gasteiger partial charge in [-0.25, -0.2) is 8.78 Å². The summed E-state index contributed by atoms with van der Waals surface area (Å²) >= 11 is 5.98. The van der Waals surface area contributed by atoms with Gasteiger partial charge in [0.1, 0.15) is 5.82 Å². The van der Waals surface area contributed by atoms with E-state index >= 15 is 0 Å². The highest BCUT2D eigenvalue weighted by Gasteiger charge is 2.08. The Morgan fingerprint density at radius 2 is 1.92 bits per heavy atom. The van der Waals surface area contributed by atoms with Crippen LogP contribution in [0.3, 0.4) is 0 Å². The average molecular weight is 316 g/mol. The monoisotopic (exact) mass is 314 g/mol. The predicted molar refractivity (Wildman–Crippen MR) is 53.3 cm³/mol. The molecular weight excluding hydrogens is 310 g/mol. The maximum Gasteiger partial charge on any atom is 0.166 e. The summed E-state index contributed by atoms with van der Waals surface area (Å²) in [5.74, 6) is -1.18. The lowest BCUT2D eigenvalue weighted by atomic mass is 10.3. The van der Waals surface area contributed by atoms with Crippen LogP contribution in [0.1, 0.15) is 0 Å². The summed E-state index contributed by atoms with van der Waals surface area (Å²) in [6.07, 6.45) is 0. The number of halogens is 4. The Kier molecular flexibility index (Phi) is 4.12. The minimum absolute atomic E-state index is 0.0693. The molecule has 0 unspecified atom stereocenters. The number of benzene rings is 1. The van der Waals surface area contributed by atoms with Crippen LogP contribution < -0.4 is 4.74 Å². The van der Waals surface area contributed by atoms with Crippen LogP contribution in [-0.2, 0) is 0 Å². The van der Waals surface area contributed by atoms with Crippen LogP contribution in [0.4, 0.5) is 8.78 Å². The van der Waals surface area contributed by atoms with Crippen molar-refractivity contribution in [1.29, 1.82) is 0 Å². The molecule has 1 aromatic rings.